The number of aromatic nitrogens is 3. The van der Waals surface area contributed by atoms with Crippen molar-refractivity contribution in [1.82, 2.24) is 19.4 Å². The molecule has 32 heavy (non-hydrogen) atoms. The van der Waals surface area contributed by atoms with Crippen molar-refractivity contribution in [3.8, 4) is 17.3 Å². The number of pyridine rings is 1. The second-order valence-electron chi connectivity index (χ2n) is 8.69. The molecule has 0 aliphatic carbocycles. The lowest BCUT2D eigenvalue weighted by molar-refractivity contribution is -0.389. The summed E-state index contributed by atoms with van der Waals surface area (Å²) < 4.78 is 34.9. The molecule has 2 aromatic heterocycles. The molecule has 0 fully saturated rings. The second kappa shape index (κ2) is 7.33. The van der Waals surface area contributed by atoms with Crippen LogP contribution in [0.4, 0.5) is 14.6 Å². The third-order valence-electron chi connectivity index (χ3n) is 5.95. The van der Waals surface area contributed by atoms with Crippen LogP contribution in [0.5, 0.6) is 6.01 Å². The molecule has 2 aliphatic rings. The predicted octanol–water partition coefficient (Wildman–Crippen LogP) is 3.65. The van der Waals surface area contributed by atoms with E-state index in [-0.39, 0.29) is 11.8 Å². The highest BCUT2D eigenvalue weighted by Crippen LogP contribution is 2.33. The number of imidazole rings is 1. The number of ether oxygens (including phenoxy) is 1. The van der Waals surface area contributed by atoms with Crippen LogP contribution < -0.4 is 4.74 Å². The van der Waals surface area contributed by atoms with Crippen LogP contribution >= 0.6 is 0 Å². The summed E-state index contributed by atoms with van der Waals surface area (Å²) in [6.07, 6.45) is 2.10. The predicted molar refractivity (Wildman–Crippen MR) is 111 cm³/mol. The first-order chi connectivity index (χ1) is 15.2. The Morgan fingerprint density at radius 2 is 1.97 bits per heavy atom. The van der Waals surface area contributed by atoms with Crippen LogP contribution in [0.3, 0.4) is 0 Å². The van der Waals surface area contributed by atoms with Crippen LogP contribution in [0.1, 0.15) is 23.7 Å². The van der Waals surface area contributed by atoms with Crippen molar-refractivity contribution < 1.29 is 18.4 Å². The summed E-state index contributed by atoms with van der Waals surface area (Å²) in [4.78, 5) is 21.3. The van der Waals surface area contributed by atoms with Gasteiger partial charge in [-0.25, -0.2) is 8.78 Å². The maximum Gasteiger partial charge on any atom is 0.415 e. The lowest BCUT2D eigenvalue weighted by Crippen LogP contribution is -2.46. The van der Waals surface area contributed by atoms with Gasteiger partial charge in [-0.3, -0.25) is 14.5 Å². The number of benzene rings is 1. The van der Waals surface area contributed by atoms with Crippen LogP contribution in [0.15, 0.2) is 30.5 Å². The Hall–Kier alpha value is -3.40. The van der Waals surface area contributed by atoms with Crippen molar-refractivity contribution in [3.63, 3.8) is 0 Å². The van der Waals surface area contributed by atoms with E-state index in [1.165, 1.54) is 18.3 Å². The number of hydrogen-bond donors (Lipinski definition) is 0. The lowest BCUT2D eigenvalue weighted by Gasteiger charge is -2.34. The fourth-order valence-electron chi connectivity index (χ4n) is 4.58. The van der Waals surface area contributed by atoms with Crippen molar-refractivity contribution in [2.24, 2.45) is 0 Å². The molecule has 1 atom stereocenters. The van der Waals surface area contributed by atoms with E-state index < -0.39 is 22.2 Å². The largest absolute Gasteiger partial charge is 0.436 e. The van der Waals surface area contributed by atoms with E-state index in [0.29, 0.717) is 37.3 Å². The molecule has 2 aliphatic heterocycles. The Kier molecular flexibility index (Phi) is 4.70. The molecular formula is C22H21F2N5O3. The van der Waals surface area contributed by atoms with Gasteiger partial charge in [-0.2, -0.15) is 0 Å². The maximum absolute atomic E-state index is 13.6. The monoisotopic (exact) mass is 441 g/mol. The van der Waals surface area contributed by atoms with Crippen LogP contribution in [-0.2, 0) is 19.5 Å². The van der Waals surface area contributed by atoms with Crippen molar-refractivity contribution in [2.45, 2.75) is 39.0 Å². The summed E-state index contributed by atoms with van der Waals surface area (Å²) in [7, 11) is 0. The summed E-state index contributed by atoms with van der Waals surface area (Å²) in [5.41, 5.74) is 3.49. The van der Waals surface area contributed by atoms with E-state index in [1.54, 1.807) is 4.57 Å². The summed E-state index contributed by atoms with van der Waals surface area (Å²) in [6.45, 7) is 6.48. The van der Waals surface area contributed by atoms with Gasteiger partial charge in [0.05, 0.1) is 12.2 Å². The smallest absolute Gasteiger partial charge is 0.415 e. The number of rotatable bonds is 4. The van der Waals surface area contributed by atoms with Gasteiger partial charge >= 0.3 is 11.8 Å². The zero-order chi connectivity index (χ0) is 22.6. The zero-order valence-corrected chi connectivity index (χ0v) is 17.6. The highest BCUT2D eigenvalue weighted by molar-refractivity contribution is 5.61. The molecule has 0 radical (unpaired) electrons. The summed E-state index contributed by atoms with van der Waals surface area (Å²) in [5, 5.41) is 10.9. The molecule has 4 heterocycles. The molecule has 1 aromatic carbocycles. The Bertz CT molecular complexity index is 1200. The molecular weight excluding hydrogens is 420 g/mol. The molecule has 5 rings (SSSR count). The first-order valence-electron chi connectivity index (χ1n) is 10.3. The number of nitro groups is 1. The van der Waals surface area contributed by atoms with Gasteiger partial charge in [0.15, 0.2) is 0 Å². The number of fused-ring (bicyclic) bond motifs is 2. The molecule has 0 bridgehead atoms. The maximum atomic E-state index is 13.6. The highest BCUT2D eigenvalue weighted by atomic mass is 19.1. The molecule has 8 nitrogen and oxygen atoms in total. The van der Waals surface area contributed by atoms with Crippen LogP contribution in [0.2, 0.25) is 0 Å². The molecule has 3 aromatic rings. The van der Waals surface area contributed by atoms with E-state index >= 15 is 0 Å². The molecule has 0 saturated heterocycles. The second-order valence-corrected chi connectivity index (χ2v) is 8.69. The fraction of sp³-hybridized carbons (Fsp3) is 0.364. The molecule has 10 heteroatoms. The van der Waals surface area contributed by atoms with Crippen molar-refractivity contribution in [2.75, 3.05) is 13.1 Å². The van der Waals surface area contributed by atoms with Crippen molar-refractivity contribution in [3.05, 3.63) is 69.0 Å². The topological polar surface area (TPSA) is 86.3 Å². The zero-order valence-electron chi connectivity index (χ0n) is 17.6. The van der Waals surface area contributed by atoms with Gasteiger partial charge in [0.2, 0.25) is 0 Å². The number of halogens is 2. The van der Waals surface area contributed by atoms with E-state index in [2.05, 4.69) is 9.88 Å². The van der Waals surface area contributed by atoms with E-state index in [1.807, 2.05) is 19.9 Å². The van der Waals surface area contributed by atoms with Gasteiger partial charge in [0.1, 0.15) is 23.4 Å². The third-order valence-corrected chi connectivity index (χ3v) is 5.95. The molecule has 166 valence electrons. The Morgan fingerprint density at radius 3 is 2.66 bits per heavy atom. The Balaban J connectivity index is 1.33. The van der Waals surface area contributed by atoms with Crippen LogP contribution in [0.25, 0.3) is 11.3 Å². The quantitative estimate of drug-likeness (QED) is 0.454. The standard InChI is InChI=1S/C22H21F2N5O3/c1-13-5-19(14-6-15(23)8-16(24)7-14)25-18-3-4-27(9-17(13)18)11-22(2)12-28-10-20(29(30)31)26-21(28)32-22/h5-8,10H,3-4,9,11-12H2,1-2H3. The molecule has 1 unspecified atom stereocenters. The molecule has 0 spiro atoms. The minimum atomic E-state index is -0.626. The normalized spacial score (nSPS) is 20.0. The summed E-state index contributed by atoms with van der Waals surface area (Å²) in [6, 6.07) is 5.56. The van der Waals surface area contributed by atoms with E-state index in [9.17, 15) is 18.9 Å². The third kappa shape index (κ3) is 3.70. The van der Waals surface area contributed by atoms with E-state index in [0.717, 1.165) is 29.4 Å². The summed E-state index contributed by atoms with van der Waals surface area (Å²) >= 11 is 0. The fourth-order valence-corrected chi connectivity index (χ4v) is 4.58. The van der Waals surface area contributed by atoms with Crippen molar-refractivity contribution in [1.29, 1.82) is 0 Å². The highest BCUT2D eigenvalue weighted by Gasteiger charge is 2.42. The van der Waals surface area contributed by atoms with Crippen molar-refractivity contribution >= 4 is 5.82 Å². The van der Waals surface area contributed by atoms with Crippen LogP contribution in [0, 0.1) is 28.7 Å². The van der Waals surface area contributed by atoms with Gasteiger partial charge in [-0.05, 0) is 48.1 Å². The van der Waals surface area contributed by atoms with Gasteiger partial charge in [-0.15, -0.1) is 0 Å². The average Bonchev–Trinajstić information content (AvgIpc) is 3.22. The van der Waals surface area contributed by atoms with Gasteiger partial charge in [-0.1, -0.05) is 0 Å². The Labute approximate surface area is 182 Å². The first-order valence-corrected chi connectivity index (χ1v) is 10.3. The average molecular weight is 441 g/mol. The first kappa shape index (κ1) is 20.5. The van der Waals surface area contributed by atoms with Gasteiger partial charge in [0, 0.05) is 48.4 Å². The lowest BCUT2D eigenvalue weighted by atomic mass is 9.96. The van der Waals surface area contributed by atoms with E-state index in [4.69, 9.17) is 9.72 Å². The van der Waals surface area contributed by atoms with Gasteiger partial charge in [0.25, 0.3) is 0 Å². The van der Waals surface area contributed by atoms with Crippen LogP contribution in [-0.4, -0.2) is 43.0 Å². The molecule has 0 N–H and O–H groups in total. The number of aryl methyl sites for hydroxylation is 1. The minimum Gasteiger partial charge on any atom is -0.436 e. The molecule has 0 saturated carbocycles. The van der Waals surface area contributed by atoms with Gasteiger partial charge < -0.3 is 14.9 Å². The number of hydrogen-bond acceptors (Lipinski definition) is 6. The SMILES string of the molecule is Cc1cc(-c2cc(F)cc(F)c2)nc2c1CN(CC1(C)Cn3cc([N+](=O)[O-])nc3O1)CC2. The minimum absolute atomic E-state index is 0.218. The Morgan fingerprint density at radius 1 is 1.22 bits per heavy atom. The summed E-state index contributed by atoms with van der Waals surface area (Å²) in [5.74, 6) is -1.47. The number of nitrogens with zero attached hydrogens (tertiary/aromatic N) is 5. The molecule has 0 amide bonds.